The van der Waals surface area contributed by atoms with E-state index in [1.165, 1.54) is 22.9 Å². The number of anilines is 2. The van der Waals surface area contributed by atoms with Gasteiger partial charge < -0.3 is 10.6 Å². The maximum absolute atomic E-state index is 12.6. The smallest absolute Gasteiger partial charge is 0.278 e. The number of amides is 2. The summed E-state index contributed by atoms with van der Waals surface area (Å²) < 4.78 is 1.37. The quantitative estimate of drug-likeness (QED) is 0.475. The van der Waals surface area contributed by atoms with Crippen LogP contribution in [0.5, 0.6) is 0 Å². The third-order valence-electron chi connectivity index (χ3n) is 4.33. The lowest BCUT2D eigenvalue weighted by Crippen LogP contribution is -2.18. The number of carbonyl (C=O) groups is 2. The van der Waals surface area contributed by atoms with Crippen LogP contribution in [0.1, 0.15) is 30.0 Å². The fourth-order valence-corrected chi connectivity index (χ4v) is 2.64. The van der Waals surface area contributed by atoms with Crippen molar-refractivity contribution in [3.63, 3.8) is 0 Å². The van der Waals surface area contributed by atoms with Crippen LogP contribution in [-0.2, 0) is 4.79 Å². The van der Waals surface area contributed by atoms with E-state index in [4.69, 9.17) is 0 Å². The van der Waals surface area contributed by atoms with Crippen molar-refractivity contribution in [2.45, 2.75) is 20.8 Å². The maximum atomic E-state index is 12.6. The number of hydrogen-bond donors (Lipinski definition) is 2. The van der Waals surface area contributed by atoms with Crippen LogP contribution in [0.25, 0.3) is 5.69 Å². The standard InChI is InChI=1S/C20H20N6O4/c1-12(2)19(27)21-14-7-9-15(10-8-14)22-20(28)18-13(3)25(24-23-18)16-5-4-6-17(11-16)26(29)30/h4-12H,1-3H3,(H,21,27)(H,22,28). The topological polar surface area (TPSA) is 132 Å². The molecule has 0 unspecified atom stereocenters. The summed E-state index contributed by atoms with van der Waals surface area (Å²) in [5, 5.41) is 24.3. The molecule has 1 heterocycles. The van der Waals surface area contributed by atoms with Gasteiger partial charge >= 0.3 is 0 Å². The molecule has 0 radical (unpaired) electrons. The van der Waals surface area contributed by atoms with Crippen molar-refractivity contribution in [3.05, 3.63) is 70.0 Å². The molecule has 10 nitrogen and oxygen atoms in total. The molecule has 2 aromatic carbocycles. The fourth-order valence-electron chi connectivity index (χ4n) is 2.64. The summed E-state index contributed by atoms with van der Waals surface area (Å²) in [4.78, 5) is 34.8. The van der Waals surface area contributed by atoms with Crippen molar-refractivity contribution in [3.8, 4) is 5.69 Å². The number of carbonyl (C=O) groups excluding carboxylic acids is 2. The summed E-state index contributed by atoms with van der Waals surface area (Å²) in [5.74, 6) is -0.704. The predicted octanol–water partition coefficient (Wildman–Crippen LogP) is 3.33. The average molecular weight is 408 g/mol. The Labute approximate surface area is 172 Å². The van der Waals surface area contributed by atoms with E-state index in [-0.39, 0.29) is 23.2 Å². The van der Waals surface area contributed by atoms with Crippen LogP contribution < -0.4 is 10.6 Å². The highest BCUT2D eigenvalue weighted by Crippen LogP contribution is 2.20. The molecule has 0 bridgehead atoms. The average Bonchev–Trinajstić information content (AvgIpc) is 3.11. The molecule has 2 N–H and O–H groups in total. The van der Waals surface area contributed by atoms with Gasteiger partial charge in [-0.15, -0.1) is 5.10 Å². The minimum absolute atomic E-state index is 0.0851. The molecule has 0 saturated carbocycles. The number of aromatic nitrogens is 3. The van der Waals surface area contributed by atoms with E-state index in [1.807, 2.05) is 0 Å². The van der Waals surface area contributed by atoms with Crippen LogP contribution in [-0.4, -0.2) is 31.7 Å². The minimum atomic E-state index is -0.503. The van der Waals surface area contributed by atoms with Gasteiger partial charge in [0.25, 0.3) is 11.6 Å². The summed E-state index contributed by atoms with van der Waals surface area (Å²) in [6, 6.07) is 12.6. The van der Waals surface area contributed by atoms with E-state index in [9.17, 15) is 19.7 Å². The van der Waals surface area contributed by atoms with Gasteiger partial charge in [0, 0.05) is 29.4 Å². The van der Waals surface area contributed by atoms with Gasteiger partial charge in [-0.1, -0.05) is 25.1 Å². The summed E-state index contributed by atoms with van der Waals surface area (Å²) in [6.45, 7) is 5.25. The zero-order valence-electron chi connectivity index (χ0n) is 16.6. The van der Waals surface area contributed by atoms with Gasteiger partial charge in [-0.05, 0) is 37.3 Å². The third kappa shape index (κ3) is 4.49. The Hall–Kier alpha value is -4.08. The van der Waals surface area contributed by atoms with Gasteiger partial charge in [0.2, 0.25) is 5.91 Å². The molecule has 1 aromatic heterocycles. The first-order valence-electron chi connectivity index (χ1n) is 9.15. The second-order valence-electron chi connectivity index (χ2n) is 6.89. The molecule has 0 saturated heterocycles. The molecule has 0 atom stereocenters. The molecule has 0 aliphatic rings. The molecular weight excluding hydrogens is 388 g/mol. The number of hydrogen-bond acceptors (Lipinski definition) is 6. The van der Waals surface area contributed by atoms with Crippen molar-refractivity contribution >= 4 is 28.9 Å². The summed E-state index contributed by atoms with van der Waals surface area (Å²) >= 11 is 0. The van der Waals surface area contributed by atoms with Crippen LogP contribution in [0, 0.1) is 23.0 Å². The largest absolute Gasteiger partial charge is 0.326 e. The number of rotatable bonds is 6. The predicted molar refractivity (Wildman–Crippen MR) is 111 cm³/mol. The van der Waals surface area contributed by atoms with E-state index in [0.717, 1.165) is 0 Å². The second-order valence-corrected chi connectivity index (χ2v) is 6.89. The van der Waals surface area contributed by atoms with Crippen LogP contribution >= 0.6 is 0 Å². The molecule has 0 spiro atoms. The Morgan fingerprint density at radius 3 is 2.30 bits per heavy atom. The molecular formula is C20H20N6O4. The first kappa shape index (κ1) is 20.6. The first-order chi connectivity index (χ1) is 14.3. The molecule has 0 aliphatic heterocycles. The number of nitrogens with zero attached hydrogens (tertiary/aromatic N) is 4. The van der Waals surface area contributed by atoms with Gasteiger partial charge in [0.05, 0.1) is 16.3 Å². The van der Waals surface area contributed by atoms with Crippen LogP contribution in [0.4, 0.5) is 17.1 Å². The zero-order chi connectivity index (χ0) is 21.8. The Kier molecular flexibility index (Phi) is 5.86. The van der Waals surface area contributed by atoms with Crippen molar-refractivity contribution in [2.75, 3.05) is 10.6 Å². The summed E-state index contributed by atoms with van der Waals surface area (Å²) in [7, 11) is 0. The fraction of sp³-hybridized carbons (Fsp3) is 0.200. The van der Waals surface area contributed by atoms with Crippen LogP contribution in [0.2, 0.25) is 0 Å². The van der Waals surface area contributed by atoms with Crippen molar-refractivity contribution in [1.29, 1.82) is 0 Å². The highest BCUT2D eigenvalue weighted by molar-refractivity contribution is 6.03. The van der Waals surface area contributed by atoms with E-state index >= 15 is 0 Å². The van der Waals surface area contributed by atoms with Crippen molar-refractivity contribution in [2.24, 2.45) is 5.92 Å². The zero-order valence-corrected chi connectivity index (χ0v) is 16.6. The Morgan fingerprint density at radius 2 is 1.70 bits per heavy atom. The van der Waals surface area contributed by atoms with Crippen molar-refractivity contribution < 1.29 is 14.5 Å². The van der Waals surface area contributed by atoms with E-state index < -0.39 is 10.8 Å². The van der Waals surface area contributed by atoms with Crippen molar-refractivity contribution in [1.82, 2.24) is 15.0 Å². The number of nitro benzene ring substituents is 1. The van der Waals surface area contributed by atoms with Gasteiger partial charge in [-0.2, -0.15) is 0 Å². The molecule has 0 aliphatic carbocycles. The first-order valence-corrected chi connectivity index (χ1v) is 9.15. The number of nitro groups is 1. The monoisotopic (exact) mass is 408 g/mol. The molecule has 2 amide bonds. The van der Waals surface area contributed by atoms with Crippen LogP contribution in [0.3, 0.4) is 0 Å². The third-order valence-corrected chi connectivity index (χ3v) is 4.33. The van der Waals surface area contributed by atoms with E-state index in [0.29, 0.717) is 22.8 Å². The Balaban J connectivity index is 1.75. The highest BCUT2D eigenvalue weighted by Gasteiger charge is 2.19. The number of nitrogens with one attached hydrogen (secondary N) is 2. The summed E-state index contributed by atoms with van der Waals surface area (Å²) in [6.07, 6.45) is 0. The lowest BCUT2D eigenvalue weighted by Gasteiger charge is -2.09. The highest BCUT2D eigenvalue weighted by atomic mass is 16.6. The minimum Gasteiger partial charge on any atom is -0.326 e. The maximum Gasteiger partial charge on any atom is 0.278 e. The van der Waals surface area contributed by atoms with Gasteiger partial charge in [-0.3, -0.25) is 19.7 Å². The molecule has 10 heteroatoms. The SMILES string of the molecule is Cc1c(C(=O)Nc2ccc(NC(=O)C(C)C)cc2)nnn1-c1cccc([N+](=O)[O-])c1. The van der Waals surface area contributed by atoms with Crippen LogP contribution in [0.15, 0.2) is 48.5 Å². The molecule has 154 valence electrons. The number of non-ortho nitro benzene ring substituents is 1. The van der Waals surface area contributed by atoms with Gasteiger partial charge in [0.1, 0.15) is 0 Å². The van der Waals surface area contributed by atoms with Gasteiger partial charge in [-0.25, -0.2) is 4.68 Å². The Bertz CT molecular complexity index is 1100. The lowest BCUT2D eigenvalue weighted by molar-refractivity contribution is -0.384. The van der Waals surface area contributed by atoms with E-state index in [1.54, 1.807) is 51.1 Å². The lowest BCUT2D eigenvalue weighted by atomic mass is 10.2. The molecule has 3 rings (SSSR count). The molecule has 30 heavy (non-hydrogen) atoms. The normalized spacial score (nSPS) is 10.7. The second kappa shape index (κ2) is 8.52. The number of benzene rings is 2. The van der Waals surface area contributed by atoms with Gasteiger partial charge in [0.15, 0.2) is 5.69 Å². The van der Waals surface area contributed by atoms with E-state index in [2.05, 4.69) is 20.9 Å². The molecule has 3 aromatic rings. The summed E-state index contributed by atoms with van der Waals surface area (Å²) in [5.41, 5.74) is 2.02. The molecule has 0 fully saturated rings. The Morgan fingerprint density at radius 1 is 1.07 bits per heavy atom.